The van der Waals surface area contributed by atoms with E-state index in [1.807, 2.05) is 12.1 Å². The van der Waals surface area contributed by atoms with Crippen LogP contribution in [-0.2, 0) is 6.42 Å². The molecule has 86 valence electrons. The van der Waals surface area contributed by atoms with E-state index in [-0.39, 0.29) is 11.7 Å². The number of hydrogen-bond donors (Lipinski definition) is 1. The normalized spacial score (nSPS) is 19.3. The Hall–Kier alpha value is -1.67. The van der Waals surface area contributed by atoms with Gasteiger partial charge in [-0.15, -0.1) is 0 Å². The highest BCUT2D eigenvalue weighted by atomic mass is 19.1. The lowest BCUT2D eigenvalue weighted by Crippen LogP contribution is -2.23. The summed E-state index contributed by atoms with van der Waals surface area (Å²) in [4.78, 5) is 0. The first-order chi connectivity index (χ1) is 8.25. The minimum Gasteiger partial charge on any atom is -0.388 e. The van der Waals surface area contributed by atoms with E-state index in [4.69, 9.17) is 0 Å². The maximum absolute atomic E-state index is 12.8. The minimum atomic E-state index is -0.537. The van der Waals surface area contributed by atoms with E-state index in [2.05, 4.69) is 12.1 Å². The molecule has 2 aromatic rings. The molecular weight excluding hydrogens is 215 g/mol. The zero-order valence-electron chi connectivity index (χ0n) is 9.31. The quantitative estimate of drug-likeness (QED) is 0.836. The van der Waals surface area contributed by atoms with Crippen LogP contribution in [0.5, 0.6) is 0 Å². The smallest absolute Gasteiger partial charge is 0.123 e. The van der Waals surface area contributed by atoms with E-state index < -0.39 is 6.10 Å². The molecule has 3 rings (SSSR count). The van der Waals surface area contributed by atoms with Gasteiger partial charge in [-0.3, -0.25) is 0 Å². The van der Waals surface area contributed by atoms with Gasteiger partial charge in [-0.2, -0.15) is 0 Å². The predicted octanol–water partition coefficient (Wildman–Crippen LogP) is 3.20. The molecular formula is C15H13FO. The number of aliphatic hydroxyl groups excluding tert-OH is 1. The second-order valence-corrected chi connectivity index (χ2v) is 4.51. The van der Waals surface area contributed by atoms with Crippen molar-refractivity contribution >= 4 is 0 Å². The summed E-state index contributed by atoms with van der Waals surface area (Å²) >= 11 is 0. The van der Waals surface area contributed by atoms with E-state index in [0.29, 0.717) is 0 Å². The molecule has 2 atom stereocenters. The van der Waals surface area contributed by atoms with Gasteiger partial charge in [0.05, 0.1) is 6.10 Å². The van der Waals surface area contributed by atoms with Crippen molar-refractivity contribution in [2.45, 2.75) is 18.4 Å². The molecule has 1 aliphatic carbocycles. The van der Waals surface area contributed by atoms with Gasteiger partial charge in [0.25, 0.3) is 0 Å². The fraction of sp³-hybridized carbons (Fsp3) is 0.200. The zero-order chi connectivity index (χ0) is 11.8. The van der Waals surface area contributed by atoms with Gasteiger partial charge in [-0.05, 0) is 35.2 Å². The topological polar surface area (TPSA) is 20.2 Å². The fourth-order valence-corrected chi connectivity index (χ4v) is 2.47. The first-order valence-corrected chi connectivity index (χ1v) is 5.77. The average Bonchev–Trinajstić information content (AvgIpc) is 2.31. The van der Waals surface area contributed by atoms with Crippen LogP contribution in [0.3, 0.4) is 0 Å². The van der Waals surface area contributed by atoms with Crippen molar-refractivity contribution in [2.75, 3.05) is 0 Å². The molecule has 1 N–H and O–H groups in total. The van der Waals surface area contributed by atoms with E-state index >= 15 is 0 Å². The molecule has 2 aromatic carbocycles. The van der Waals surface area contributed by atoms with Crippen molar-refractivity contribution in [1.82, 2.24) is 0 Å². The molecule has 1 aliphatic rings. The monoisotopic (exact) mass is 228 g/mol. The lowest BCUT2D eigenvalue weighted by Gasteiger charge is -2.34. The van der Waals surface area contributed by atoms with Crippen LogP contribution in [0.4, 0.5) is 4.39 Å². The SMILES string of the molecule is OC(c1ccc(F)cc1)C1Cc2ccccc21. The van der Waals surface area contributed by atoms with Gasteiger partial charge in [0.2, 0.25) is 0 Å². The zero-order valence-corrected chi connectivity index (χ0v) is 9.31. The van der Waals surface area contributed by atoms with Gasteiger partial charge in [0.15, 0.2) is 0 Å². The molecule has 0 fully saturated rings. The number of halogens is 1. The molecule has 0 aromatic heterocycles. The molecule has 0 bridgehead atoms. The summed E-state index contributed by atoms with van der Waals surface area (Å²) in [5.74, 6) is -0.119. The van der Waals surface area contributed by atoms with Crippen LogP contribution in [0.1, 0.15) is 28.7 Å². The highest BCUT2D eigenvalue weighted by Crippen LogP contribution is 2.43. The molecule has 0 radical (unpaired) electrons. The number of rotatable bonds is 2. The Kier molecular flexibility index (Phi) is 2.45. The minimum absolute atomic E-state index is 0.150. The lowest BCUT2D eigenvalue weighted by atomic mass is 9.73. The fourth-order valence-electron chi connectivity index (χ4n) is 2.47. The average molecular weight is 228 g/mol. The molecule has 0 saturated heterocycles. The van der Waals surface area contributed by atoms with Crippen molar-refractivity contribution < 1.29 is 9.50 Å². The van der Waals surface area contributed by atoms with E-state index in [1.165, 1.54) is 23.3 Å². The summed E-state index contributed by atoms with van der Waals surface area (Å²) < 4.78 is 12.8. The summed E-state index contributed by atoms with van der Waals surface area (Å²) in [6.07, 6.45) is 0.361. The summed E-state index contributed by atoms with van der Waals surface area (Å²) in [6.45, 7) is 0. The summed E-state index contributed by atoms with van der Waals surface area (Å²) in [6, 6.07) is 14.2. The van der Waals surface area contributed by atoms with Crippen LogP contribution in [0.15, 0.2) is 48.5 Å². The molecule has 0 spiro atoms. The van der Waals surface area contributed by atoms with Crippen molar-refractivity contribution in [3.05, 3.63) is 71.0 Å². The number of benzene rings is 2. The number of fused-ring (bicyclic) bond motifs is 1. The maximum Gasteiger partial charge on any atom is 0.123 e. The van der Waals surface area contributed by atoms with Crippen LogP contribution < -0.4 is 0 Å². The number of aliphatic hydroxyl groups is 1. The Bertz CT molecular complexity index is 533. The third-order valence-electron chi connectivity index (χ3n) is 3.49. The maximum atomic E-state index is 12.8. The highest BCUT2D eigenvalue weighted by molar-refractivity contribution is 5.42. The molecule has 1 nitrogen and oxygen atoms in total. The van der Waals surface area contributed by atoms with E-state index in [1.54, 1.807) is 12.1 Å². The predicted molar refractivity (Wildman–Crippen MR) is 64.2 cm³/mol. The third kappa shape index (κ3) is 1.75. The van der Waals surface area contributed by atoms with Crippen LogP contribution in [0.2, 0.25) is 0 Å². The summed E-state index contributed by atoms with van der Waals surface area (Å²) in [5, 5.41) is 10.3. The Labute approximate surface area is 99.5 Å². The Morgan fingerprint density at radius 1 is 1.06 bits per heavy atom. The van der Waals surface area contributed by atoms with Crippen molar-refractivity contribution in [1.29, 1.82) is 0 Å². The number of hydrogen-bond acceptors (Lipinski definition) is 1. The Morgan fingerprint density at radius 3 is 2.47 bits per heavy atom. The van der Waals surface area contributed by atoms with Crippen LogP contribution in [0.25, 0.3) is 0 Å². The standard InChI is InChI=1S/C15H13FO/c16-12-7-5-10(6-8-12)15(17)14-9-11-3-1-2-4-13(11)14/h1-8,14-15,17H,9H2. The summed E-state index contributed by atoms with van der Waals surface area (Å²) in [7, 11) is 0. The lowest BCUT2D eigenvalue weighted by molar-refractivity contribution is 0.134. The van der Waals surface area contributed by atoms with Crippen LogP contribution in [-0.4, -0.2) is 5.11 Å². The molecule has 17 heavy (non-hydrogen) atoms. The van der Waals surface area contributed by atoms with Crippen molar-refractivity contribution in [3.63, 3.8) is 0 Å². The van der Waals surface area contributed by atoms with Gasteiger partial charge >= 0.3 is 0 Å². The Balaban J connectivity index is 1.86. The van der Waals surface area contributed by atoms with Gasteiger partial charge < -0.3 is 5.11 Å². The van der Waals surface area contributed by atoms with Gasteiger partial charge in [-0.25, -0.2) is 4.39 Å². The largest absolute Gasteiger partial charge is 0.388 e. The second kappa shape index (κ2) is 3.97. The van der Waals surface area contributed by atoms with E-state index in [9.17, 15) is 9.50 Å². The first-order valence-electron chi connectivity index (χ1n) is 5.77. The second-order valence-electron chi connectivity index (χ2n) is 4.51. The highest BCUT2D eigenvalue weighted by Gasteiger charge is 2.32. The molecule has 2 unspecified atom stereocenters. The molecule has 0 saturated carbocycles. The van der Waals surface area contributed by atoms with Crippen LogP contribution >= 0.6 is 0 Å². The van der Waals surface area contributed by atoms with Crippen LogP contribution in [0, 0.1) is 5.82 Å². The van der Waals surface area contributed by atoms with E-state index in [0.717, 1.165) is 12.0 Å². The first kappa shape index (κ1) is 10.5. The Morgan fingerprint density at radius 2 is 1.76 bits per heavy atom. The summed E-state index contributed by atoms with van der Waals surface area (Å²) in [5.41, 5.74) is 3.30. The van der Waals surface area contributed by atoms with Gasteiger partial charge in [-0.1, -0.05) is 36.4 Å². The van der Waals surface area contributed by atoms with Crippen molar-refractivity contribution in [3.8, 4) is 0 Å². The van der Waals surface area contributed by atoms with Gasteiger partial charge in [0.1, 0.15) is 5.82 Å². The molecule has 0 heterocycles. The van der Waals surface area contributed by atoms with Gasteiger partial charge in [0, 0.05) is 5.92 Å². The molecule has 0 aliphatic heterocycles. The van der Waals surface area contributed by atoms with Crippen molar-refractivity contribution in [2.24, 2.45) is 0 Å². The molecule has 0 amide bonds. The third-order valence-corrected chi connectivity index (χ3v) is 3.49. The molecule has 2 heteroatoms.